The van der Waals surface area contributed by atoms with Crippen molar-refractivity contribution in [3.05, 3.63) is 59.7 Å². The van der Waals surface area contributed by atoms with Gasteiger partial charge in [0.15, 0.2) is 4.84 Å². The van der Waals surface area contributed by atoms with Gasteiger partial charge in [0.25, 0.3) is 11.8 Å². The van der Waals surface area contributed by atoms with E-state index >= 15 is 0 Å². The molecule has 2 N–H and O–H groups in total. The van der Waals surface area contributed by atoms with E-state index in [1.54, 1.807) is 18.2 Å². The Hall–Kier alpha value is -2.24. The van der Waals surface area contributed by atoms with Crippen LogP contribution in [0.1, 0.15) is 15.9 Å². The first-order valence-corrected chi connectivity index (χ1v) is 8.98. The zero-order chi connectivity index (χ0) is 19.1. The molecule has 0 aliphatic heterocycles. The van der Waals surface area contributed by atoms with Crippen LogP contribution in [0.25, 0.3) is 0 Å². The van der Waals surface area contributed by atoms with Gasteiger partial charge in [-0.3, -0.25) is 9.59 Å². The first-order chi connectivity index (χ1) is 12.4. The SMILES string of the molecule is CN(C)c1ccc(NC(=O)C(Cl)Cl)cc1C(=O)NCCc1ccccc1. The summed E-state index contributed by atoms with van der Waals surface area (Å²) in [6.45, 7) is 0.512. The van der Waals surface area contributed by atoms with Crippen LogP contribution in [0.15, 0.2) is 48.5 Å². The summed E-state index contributed by atoms with van der Waals surface area (Å²) in [4.78, 5) is 24.9. The minimum Gasteiger partial charge on any atom is -0.377 e. The predicted molar refractivity (Wildman–Crippen MR) is 107 cm³/mol. The maximum Gasteiger partial charge on any atom is 0.257 e. The van der Waals surface area contributed by atoms with Gasteiger partial charge in [-0.15, -0.1) is 0 Å². The Morgan fingerprint density at radius 2 is 1.77 bits per heavy atom. The number of nitrogens with zero attached hydrogens (tertiary/aromatic N) is 1. The number of alkyl halides is 2. The third-order valence-corrected chi connectivity index (χ3v) is 4.13. The van der Waals surface area contributed by atoms with E-state index in [4.69, 9.17) is 23.2 Å². The maximum absolute atomic E-state index is 12.6. The number of carbonyl (C=O) groups excluding carboxylic acids is 2. The Morgan fingerprint density at radius 3 is 2.38 bits per heavy atom. The zero-order valence-corrected chi connectivity index (χ0v) is 16.1. The summed E-state index contributed by atoms with van der Waals surface area (Å²) in [6.07, 6.45) is 0.737. The summed E-state index contributed by atoms with van der Waals surface area (Å²) in [5.41, 5.74) is 2.81. The molecule has 0 aliphatic carbocycles. The monoisotopic (exact) mass is 393 g/mol. The lowest BCUT2D eigenvalue weighted by Gasteiger charge is -2.18. The van der Waals surface area contributed by atoms with Crippen molar-refractivity contribution in [3.8, 4) is 0 Å². The number of halogens is 2. The second-order valence-electron chi connectivity index (χ2n) is 5.91. The minimum atomic E-state index is -1.17. The molecule has 138 valence electrons. The lowest BCUT2D eigenvalue weighted by molar-refractivity contribution is -0.114. The summed E-state index contributed by atoms with van der Waals surface area (Å²) < 4.78 is 0. The van der Waals surface area contributed by atoms with Gasteiger partial charge in [-0.25, -0.2) is 0 Å². The van der Waals surface area contributed by atoms with Gasteiger partial charge in [0.2, 0.25) is 0 Å². The highest BCUT2D eigenvalue weighted by molar-refractivity contribution is 6.54. The molecular formula is C19H21Cl2N3O2. The molecule has 0 atom stereocenters. The van der Waals surface area contributed by atoms with Crippen molar-refractivity contribution in [2.75, 3.05) is 30.9 Å². The van der Waals surface area contributed by atoms with Crippen molar-refractivity contribution >= 4 is 46.4 Å². The molecule has 0 saturated carbocycles. The molecule has 2 aromatic rings. The summed E-state index contributed by atoms with van der Waals surface area (Å²) in [5.74, 6) is -0.754. The number of benzene rings is 2. The van der Waals surface area contributed by atoms with Crippen LogP contribution in [-0.4, -0.2) is 37.3 Å². The molecule has 2 aromatic carbocycles. The van der Waals surface area contributed by atoms with Crippen LogP contribution >= 0.6 is 23.2 Å². The number of hydrogen-bond donors (Lipinski definition) is 2. The fourth-order valence-electron chi connectivity index (χ4n) is 2.44. The largest absolute Gasteiger partial charge is 0.377 e. The van der Waals surface area contributed by atoms with E-state index in [1.165, 1.54) is 0 Å². The normalized spacial score (nSPS) is 10.5. The quantitative estimate of drug-likeness (QED) is 0.707. The number of nitrogens with one attached hydrogen (secondary N) is 2. The summed E-state index contributed by atoms with van der Waals surface area (Å²) in [7, 11) is 3.70. The fourth-order valence-corrected chi connectivity index (χ4v) is 2.55. The Morgan fingerprint density at radius 1 is 1.08 bits per heavy atom. The Labute approximate surface area is 163 Å². The predicted octanol–water partition coefficient (Wildman–Crippen LogP) is 3.47. The molecule has 7 heteroatoms. The van der Waals surface area contributed by atoms with Gasteiger partial charge in [0, 0.05) is 32.0 Å². The van der Waals surface area contributed by atoms with Crippen LogP contribution in [0.4, 0.5) is 11.4 Å². The zero-order valence-electron chi connectivity index (χ0n) is 14.6. The number of carbonyl (C=O) groups is 2. The van der Waals surface area contributed by atoms with E-state index in [9.17, 15) is 9.59 Å². The van der Waals surface area contributed by atoms with Crippen molar-refractivity contribution in [1.29, 1.82) is 0 Å². The van der Waals surface area contributed by atoms with E-state index in [0.717, 1.165) is 17.7 Å². The number of hydrogen-bond acceptors (Lipinski definition) is 3. The molecule has 2 amide bonds. The lowest BCUT2D eigenvalue weighted by Crippen LogP contribution is -2.28. The van der Waals surface area contributed by atoms with Crippen LogP contribution in [0.3, 0.4) is 0 Å². The molecule has 0 aromatic heterocycles. The number of rotatable bonds is 7. The Bertz CT molecular complexity index is 765. The first kappa shape index (κ1) is 20.1. The van der Waals surface area contributed by atoms with Gasteiger partial charge < -0.3 is 15.5 Å². The van der Waals surface area contributed by atoms with Crippen LogP contribution in [0.5, 0.6) is 0 Å². The number of amides is 2. The molecule has 0 unspecified atom stereocenters. The summed E-state index contributed by atoms with van der Waals surface area (Å²) in [5, 5.41) is 5.50. The second-order valence-corrected chi connectivity index (χ2v) is 7.00. The molecule has 0 fully saturated rings. The Balaban J connectivity index is 2.10. The van der Waals surface area contributed by atoms with Crippen molar-refractivity contribution in [2.24, 2.45) is 0 Å². The van der Waals surface area contributed by atoms with Crippen LogP contribution in [0, 0.1) is 0 Å². The highest BCUT2D eigenvalue weighted by Crippen LogP contribution is 2.23. The van der Waals surface area contributed by atoms with Gasteiger partial charge in [-0.05, 0) is 30.2 Å². The lowest BCUT2D eigenvalue weighted by atomic mass is 10.1. The van der Waals surface area contributed by atoms with Crippen molar-refractivity contribution in [2.45, 2.75) is 11.3 Å². The average Bonchev–Trinajstić information content (AvgIpc) is 2.62. The number of anilines is 2. The standard InChI is InChI=1S/C19H21Cl2N3O2/c1-24(2)16-9-8-14(23-19(26)17(20)21)12-15(16)18(25)22-11-10-13-6-4-3-5-7-13/h3-9,12,17H,10-11H2,1-2H3,(H,22,25)(H,23,26). The second kappa shape index (κ2) is 9.46. The van der Waals surface area contributed by atoms with E-state index < -0.39 is 10.7 Å². The average molecular weight is 394 g/mol. The Kier molecular flexibility index (Phi) is 7.30. The molecule has 0 spiro atoms. The molecule has 26 heavy (non-hydrogen) atoms. The third kappa shape index (κ3) is 5.64. The van der Waals surface area contributed by atoms with Gasteiger partial charge in [0.05, 0.1) is 5.56 Å². The highest BCUT2D eigenvalue weighted by atomic mass is 35.5. The van der Waals surface area contributed by atoms with Gasteiger partial charge >= 0.3 is 0 Å². The van der Waals surface area contributed by atoms with E-state index in [0.29, 0.717) is 17.8 Å². The molecule has 2 rings (SSSR count). The van der Waals surface area contributed by atoms with Gasteiger partial charge in [-0.2, -0.15) is 0 Å². The molecule has 0 saturated heterocycles. The van der Waals surface area contributed by atoms with E-state index in [1.807, 2.05) is 49.3 Å². The third-order valence-electron chi connectivity index (χ3n) is 3.73. The van der Waals surface area contributed by atoms with E-state index in [2.05, 4.69) is 10.6 Å². The van der Waals surface area contributed by atoms with Crippen molar-refractivity contribution < 1.29 is 9.59 Å². The van der Waals surface area contributed by atoms with Crippen LogP contribution in [-0.2, 0) is 11.2 Å². The topological polar surface area (TPSA) is 61.4 Å². The highest BCUT2D eigenvalue weighted by Gasteiger charge is 2.16. The van der Waals surface area contributed by atoms with Gasteiger partial charge in [0.1, 0.15) is 0 Å². The van der Waals surface area contributed by atoms with Crippen molar-refractivity contribution in [1.82, 2.24) is 5.32 Å². The first-order valence-electron chi connectivity index (χ1n) is 8.11. The van der Waals surface area contributed by atoms with Crippen LogP contribution in [0.2, 0.25) is 0 Å². The fraction of sp³-hybridized carbons (Fsp3) is 0.263. The van der Waals surface area contributed by atoms with Crippen molar-refractivity contribution in [3.63, 3.8) is 0 Å². The summed E-state index contributed by atoms with van der Waals surface area (Å²) >= 11 is 11.1. The molecule has 0 heterocycles. The van der Waals surface area contributed by atoms with Gasteiger partial charge in [-0.1, -0.05) is 53.5 Å². The maximum atomic E-state index is 12.6. The summed E-state index contributed by atoms with van der Waals surface area (Å²) in [6, 6.07) is 15.0. The van der Waals surface area contributed by atoms with Crippen LogP contribution < -0.4 is 15.5 Å². The molecule has 5 nitrogen and oxygen atoms in total. The minimum absolute atomic E-state index is 0.214. The smallest absolute Gasteiger partial charge is 0.257 e. The molecule has 0 aliphatic rings. The molecule has 0 radical (unpaired) electrons. The molecule has 0 bridgehead atoms. The van der Waals surface area contributed by atoms with E-state index in [-0.39, 0.29) is 5.91 Å². The molecular weight excluding hydrogens is 373 g/mol.